The quantitative estimate of drug-likeness (QED) is 0.492. The monoisotopic (exact) mass is 436 g/mol. The van der Waals surface area contributed by atoms with Crippen molar-refractivity contribution in [1.82, 2.24) is 4.98 Å². The number of rotatable bonds is 7. The molecule has 0 aliphatic heterocycles. The smallest absolute Gasteiger partial charge is 0.387 e. The second-order valence-corrected chi connectivity index (χ2v) is 6.75. The Morgan fingerprint density at radius 3 is 2.63 bits per heavy atom. The number of ether oxygens (including phenoxy) is 2. The average molecular weight is 436 g/mol. The Labute approximate surface area is 173 Å². The van der Waals surface area contributed by atoms with Gasteiger partial charge in [-0.2, -0.15) is 8.78 Å². The molecule has 0 aliphatic carbocycles. The van der Waals surface area contributed by atoms with Crippen LogP contribution in [0.25, 0.3) is 0 Å². The Bertz CT molecular complexity index is 1060. The molecule has 0 radical (unpaired) electrons. The molecule has 30 heavy (non-hydrogen) atoms. The standard InChI is InChI=1S/C20H15F3N2O4S/c1-12(26)25(17-8-3-2-7-16(17)21)20-24-14(11-30-20)10-28-18(27)13-5-4-6-15(9-13)29-19(22)23/h2-9,11,19H,10H2,1H3. The molecule has 0 unspecified atom stereocenters. The van der Waals surface area contributed by atoms with Crippen LogP contribution in [0.15, 0.2) is 53.9 Å². The number of para-hydroxylation sites is 1. The van der Waals surface area contributed by atoms with Gasteiger partial charge in [-0.1, -0.05) is 18.2 Å². The van der Waals surface area contributed by atoms with E-state index < -0.39 is 24.3 Å². The van der Waals surface area contributed by atoms with Gasteiger partial charge < -0.3 is 9.47 Å². The van der Waals surface area contributed by atoms with E-state index >= 15 is 0 Å². The topological polar surface area (TPSA) is 68.7 Å². The first kappa shape index (κ1) is 21.3. The molecule has 156 valence electrons. The minimum atomic E-state index is -3.01. The van der Waals surface area contributed by atoms with Gasteiger partial charge in [-0.05, 0) is 30.3 Å². The zero-order chi connectivity index (χ0) is 21.7. The van der Waals surface area contributed by atoms with Crippen molar-refractivity contribution in [2.45, 2.75) is 20.1 Å². The first-order chi connectivity index (χ1) is 14.3. The van der Waals surface area contributed by atoms with E-state index in [1.807, 2.05) is 0 Å². The van der Waals surface area contributed by atoms with Gasteiger partial charge in [-0.25, -0.2) is 14.2 Å². The first-order valence-corrected chi connectivity index (χ1v) is 9.44. The molecule has 6 nitrogen and oxygen atoms in total. The van der Waals surface area contributed by atoms with E-state index in [1.165, 1.54) is 43.3 Å². The van der Waals surface area contributed by atoms with Crippen LogP contribution in [0.2, 0.25) is 0 Å². The number of benzene rings is 2. The Kier molecular flexibility index (Phi) is 6.68. The molecule has 1 aromatic heterocycles. The predicted octanol–water partition coefficient (Wildman–Crippen LogP) is 4.93. The molecule has 3 aromatic rings. The van der Waals surface area contributed by atoms with Crippen molar-refractivity contribution in [2.24, 2.45) is 0 Å². The molecule has 10 heteroatoms. The Hall–Kier alpha value is -3.40. The highest BCUT2D eigenvalue weighted by molar-refractivity contribution is 7.14. The van der Waals surface area contributed by atoms with Crippen molar-refractivity contribution in [3.05, 3.63) is 71.0 Å². The fourth-order valence-electron chi connectivity index (χ4n) is 2.53. The van der Waals surface area contributed by atoms with Crippen LogP contribution in [0.4, 0.5) is 24.0 Å². The lowest BCUT2D eigenvalue weighted by molar-refractivity contribution is -0.115. The minimum absolute atomic E-state index is 0.0281. The molecule has 0 saturated carbocycles. The van der Waals surface area contributed by atoms with Gasteiger partial charge in [0.15, 0.2) is 5.13 Å². The van der Waals surface area contributed by atoms with Crippen LogP contribution >= 0.6 is 11.3 Å². The van der Waals surface area contributed by atoms with Crippen LogP contribution < -0.4 is 9.64 Å². The molecule has 0 N–H and O–H groups in total. The summed E-state index contributed by atoms with van der Waals surface area (Å²) >= 11 is 1.08. The number of halogens is 3. The van der Waals surface area contributed by atoms with E-state index in [4.69, 9.17) is 4.74 Å². The number of carbonyl (C=O) groups is 2. The SMILES string of the molecule is CC(=O)N(c1nc(COC(=O)c2cccc(OC(F)F)c2)cs1)c1ccccc1F. The van der Waals surface area contributed by atoms with Crippen molar-refractivity contribution in [3.8, 4) is 5.75 Å². The Balaban J connectivity index is 1.70. The lowest BCUT2D eigenvalue weighted by atomic mass is 10.2. The van der Waals surface area contributed by atoms with Crippen molar-refractivity contribution in [1.29, 1.82) is 0 Å². The van der Waals surface area contributed by atoms with Crippen LogP contribution in [0.3, 0.4) is 0 Å². The number of carbonyl (C=O) groups excluding carboxylic acids is 2. The van der Waals surface area contributed by atoms with Gasteiger partial charge in [0, 0.05) is 12.3 Å². The van der Waals surface area contributed by atoms with E-state index in [0.717, 1.165) is 22.3 Å². The van der Waals surface area contributed by atoms with Gasteiger partial charge in [0.05, 0.1) is 16.9 Å². The van der Waals surface area contributed by atoms with Crippen LogP contribution in [0.5, 0.6) is 5.75 Å². The van der Waals surface area contributed by atoms with Crippen molar-refractivity contribution >= 4 is 34.0 Å². The molecule has 0 spiro atoms. The van der Waals surface area contributed by atoms with E-state index in [-0.39, 0.29) is 28.7 Å². The molecule has 0 fully saturated rings. The largest absolute Gasteiger partial charge is 0.456 e. The van der Waals surface area contributed by atoms with E-state index in [2.05, 4.69) is 9.72 Å². The third kappa shape index (κ3) is 5.15. The number of esters is 1. The third-order valence-electron chi connectivity index (χ3n) is 3.79. The maximum atomic E-state index is 14.1. The predicted molar refractivity (Wildman–Crippen MR) is 104 cm³/mol. The summed E-state index contributed by atoms with van der Waals surface area (Å²) in [7, 11) is 0. The summed E-state index contributed by atoms with van der Waals surface area (Å²) in [6.07, 6.45) is 0. The van der Waals surface area contributed by atoms with Crippen LogP contribution in [-0.4, -0.2) is 23.5 Å². The molecule has 1 heterocycles. The second kappa shape index (κ2) is 9.40. The average Bonchev–Trinajstić information content (AvgIpc) is 3.15. The number of hydrogen-bond donors (Lipinski definition) is 0. The number of nitrogens with zero attached hydrogens (tertiary/aromatic N) is 2. The van der Waals surface area contributed by atoms with Gasteiger partial charge in [-0.15, -0.1) is 11.3 Å². The summed E-state index contributed by atoms with van der Waals surface area (Å²) in [5.41, 5.74) is 0.421. The molecule has 3 rings (SSSR count). The van der Waals surface area contributed by atoms with Crippen LogP contribution in [-0.2, 0) is 16.1 Å². The molecule has 0 bridgehead atoms. The molecular formula is C20H15F3N2O4S. The number of alkyl halides is 2. The number of anilines is 2. The fraction of sp³-hybridized carbons (Fsp3) is 0.150. The van der Waals surface area contributed by atoms with Crippen molar-refractivity contribution in [2.75, 3.05) is 4.90 Å². The molecule has 0 aliphatic rings. The number of aromatic nitrogens is 1. The lowest BCUT2D eigenvalue weighted by Gasteiger charge is -2.18. The molecule has 0 saturated heterocycles. The summed E-state index contributed by atoms with van der Waals surface area (Å²) < 4.78 is 48.1. The molecule has 0 atom stereocenters. The Morgan fingerprint density at radius 1 is 1.17 bits per heavy atom. The van der Waals surface area contributed by atoms with E-state index in [1.54, 1.807) is 11.4 Å². The number of amides is 1. The highest BCUT2D eigenvalue weighted by Gasteiger charge is 2.21. The summed E-state index contributed by atoms with van der Waals surface area (Å²) in [6.45, 7) is -1.95. The summed E-state index contributed by atoms with van der Waals surface area (Å²) in [5, 5.41) is 1.78. The highest BCUT2D eigenvalue weighted by atomic mass is 32.1. The van der Waals surface area contributed by atoms with Gasteiger partial charge in [0.1, 0.15) is 18.2 Å². The van der Waals surface area contributed by atoms with Crippen LogP contribution in [0.1, 0.15) is 23.0 Å². The zero-order valence-corrected chi connectivity index (χ0v) is 16.4. The zero-order valence-electron chi connectivity index (χ0n) is 15.6. The van der Waals surface area contributed by atoms with Gasteiger partial charge in [0.25, 0.3) is 0 Å². The van der Waals surface area contributed by atoms with Gasteiger partial charge in [-0.3, -0.25) is 9.69 Å². The number of hydrogen-bond acceptors (Lipinski definition) is 6. The summed E-state index contributed by atoms with van der Waals surface area (Å²) in [6, 6.07) is 11.0. The molecule has 1 amide bonds. The van der Waals surface area contributed by atoms with Gasteiger partial charge in [0.2, 0.25) is 5.91 Å². The highest BCUT2D eigenvalue weighted by Crippen LogP contribution is 2.31. The van der Waals surface area contributed by atoms with E-state index in [0.29, 0.717) is 5.69 Å². The maximum absolute atomic E-state index is 14.1. The fourth-order valence-corrected chi connectivity index (χ4v) is 3.39. The minimum Gasteiger partial charge on any atom is -0.456 e. The Morgan fingerprint density at radius 2 is 1.93 bits per heavy atom. The third-order valence-corrected chi connectivity index (χ3v) is 4.66. The van der Waals surface area contributed by atoms with Crippen molar-refractivity contribution in [3.63, 3.8) is 0 Å². The number of thiazole rings is 1. The lowest BCUT2D eigenvalue weighted by Crippen LogP contribution is -2.23. The summed E-state index contributed by atoms with van der Waals surface area (Å²) in [4.78, 5) is 29.6. The van der Waals surface area contributed by atoms with Gasteiger partial charge >= 0.3 is 12.6 Å². The van der Waals surface area contributed by atoms with Crippen LogP contribution in [0, 0.1) is 5.82 Å². The first-order valence-electron chi connectivity index (χ1n) is 8.57. The maximum Gasteiger partial charge on any atom is 0.387 e. The normalized spacial score (nSPS) is 10.7. The summed E-state index contributed by atoms with van der Waals surface area (Å²) in [5.74, 6) is -1.95. The molecule has 2 aromatic carbocycles. The second-order valence-electron chi connectivity index (χ2n) is 5.91. The molecular weight excluding hydrogens is 421 g/mol. The van der Waals surface area contributed by atoms with E-state index in [9.17, 15) is 22.8 Å². The van der Waals surface area contributed by atoms with Crippen molar-refractivity contribution < 1.29 is 32.2 Å².